The maximum absolute atomic E-state index is 11.8. The zero-order chi connectivity index (χ0) is 14.5. The number of nitrogens with zero attached hydrogens (tertiary/aromatic N) is 2. The molecule has 0 saturated heterocycles. The van der Waals surface area contributed by atoms with Crippen molar-refractivity contribution in [2.75, 3.05) is 6.61 Å². The Labute approximate surface area is 116 Å². The van der Waals surface area contributed by atoms with Crippen LogP contribution in [-0.2, 0) is 11.2 Å². The number of allylic oxidation sites excluding steroid dienone is 1. The number of nitrogens with one attached hydrogen (secondary N) is 1. The van der Waals surface area contributed by atoms with E-state index in [-0.39, 0.29) is 18.1 Å². The Morgan fingerprint density at radius 2 is 2.30 bits per heavy atom. The highest BCUT2D eigenvalue weighted by molar-refractivity contribution is 5.94. The third-order valence-corrected chi connectivity index (χ3v) is 2.73. The van der Waals surface area contributed by atoms with E-state index in [2.05, 4.69) is 22.0 Å². The van der Waals surface area contributed by atoms with Crippen LogP contribution in [0.3, 0.4) is 0 Å². The predicted molar refractivity (Wildman–Crippen MR) is 73.3 cm³/mol. The molecule has 0 aliphatic rings. The first kappa shape index (κ1) is 13.8. The second kappa shape index (κ2) is 6.01. The number of phenolic OH excluding ortho intramolecular Hbond substituents is 1. The van der Waals surface area contributed by atoms with Crippen molar-refractivity contribution in [2.24, 2.45) is 0 Å². The summed E-state index contributed by atoms with van der Waals surface area (Å²) >= 11 is 0. The molecular formula is C14H15N3O3. The van der Waals surface area contributed by atoms with Crippen LogP contribution in [0.5, 0.6) is 5.75 Å². The summed E-state index contributed by atoms with van der Waals surface area (Å²) < 4.78 is 4.92. The lowest BCUT2D eigenvalue weighted by molar-refractivity contribution is 0.0520. The first-order valence-electron chi connectivity index (χ1n) is 6.18. The van der Waals surface area contributed by atoms with E-state index < -0.39 is 5.97 Å². The summed E-state index contributed by atoms with van der Waals surface area (Å²) in [4.78, 5) is 11.8. The zero-order valence-corrected chi connectivity index (χ0v) is 11.1. The lowest BCUT2D eigenvalue weighted by Crippen LogP contribution is -2.06. The van der Waals surface area contributed by atoms with Gasteiger partial charge in [0.05, 0.1) is 6.61 Å². The van der Waals surface area contributed by atoms with Gasteiger partial charge in [0.2, 0.25) is 0 Å². The molecule has 1 aromatic heterocycles. The Kier molecular flexibility index (Phi) is 4.14. The van der Waals surface area contributed by atoms with Gasteiger partial charge in [-0.1, -0.05) is 6.08 Å². The van der Waals surface area contributed by atoms with E-state index in [4.69, 9.17) is 4.74 Å². The molecule has 0 bridgehead atoms. The minimum Gasteiger partial charge on any atom is -0.508 e. The number of benzene rings is 1. The summed E-state index contributed by atoms with van der Waals surface area (Å²) in [6.07, 6.45) is 2.21. The first-order valence-corrected chi connectivity index (χ1v) is 6.18. The minimum absolute atomic E-state index is 0.127. The fraction of sp³-hybridized carbons (Fsp3) is 0.214. The van der Waals surface area contributed by atoms with Gasteiger partial charge >= 0.3 is 5.97 Å². The van der Waals surface area contributed by atoms with E-state index in [0.29, 0.717) is 23.2 Å². The highest BCUT2D eigenvalue weighted by atomic mass is 16.5. The van der Waals surface area contributed by atoms with Crippen molar-refractivity contribution in [1.82, 2.24) is 15.4 Å². The molecule has 1 aromatic carbocycles. The Balaban J connectivity index is 2.42. The second-order valence-corrected chi connectivity index (χ2v) is 4.08. The number of aromatic amines is 1. The molecule has 0 radical (unpaired) electrons. The summed E-state index contributed by atoms with van der Waals surface area (Å²) in [6, 6.07) is 4.97. The van der Waals surface area contributed by atoms with Gasteiger partial charge in [-0.05, 0) is 37.1 Å². The fourth-order valence-corrected chi connectivity index (χ4v) is 1.83. The topological polar surface area (TPSA) is 88.1 Å². The highest BCUT2D eigenvalue weighted by Crippen LogP contribution is 2.27. The monoisotopic (exact) mass is 273 g/mol. The quantitative estimate of drug-likeness (QED) is 0.643. The molecule has 104 valence electrons. The molecule has 2 aromatic rings. The summed E-state index contributed by atoms with van der Waals surface area (Å²) in [7, 11) is 0. The Morgan fingerprint density at radius 3 is 3.00 bits per heavy atom. The number of rotatable bonds is 5. The van der Waals surface area contributed by atoms with Crippen molar-refractivity contribution in [3.8, 4) is 17.0 Å². The Morgan fingerprint density at radius 1 is 1.50 bits per heavy atom. The first-order chi connectivity index (χ1) is 9.67. The molecule has 1 heterocycles. The van der Waals surface area contributed by atoms with Crippen LogP contribution in [0.4, 0.5) is 0 Å². The molecule has 6 nitrogen and oxygen atoms in total. The van der Waals surface area contributed by atoms with Crippen molar-refractivity contribution in [1.29, 1.82) is 0 Å². The SMILES string of the molecule is C=CCc1cc(-c2n[nH]nc2C(=O)OCC)ccc1O. The van der Waals surface area contributed by atoms with Crippen LogP contribution in [0.2, 0.25) is 0 Å². The summed E-state index contributed by atoms with van der Waals surface area (Å²) in [5, 5.41) is 20.0. The van der Waals surface area contributed by atoms with Gasteiger partial charge < -0.3 is 9.84 Å². The molecule has 0 fully saturated rings. The molecule has 0 aliphatic heterocycles. The standard InChI is InChI=1S/C14H15N3O3/c1-3-5-9-8-10(6-7-11(9)18)12-13(16-17-15-12)14(19)20-4-2/h3,6-8,18H,1,4-5H2,2H3,(H,15,16,17). The maximum Gasteiger partial charge on any atom is 0.361 e. The maximum atomic E-state index is 11.8. The number of aromatic nitrogens is 3. The number of carbonyl (C=O) groups excluding carboxylic acids is 1. The molecule has 0 atom stereocenters. The van der Waals surface area contributed by atoms with E-state index in [1.807, 2.05) is 0 Å². The fourth-order valence-electron chi connectivity index (χ4n) is 1.83. The van der Waals surface area contributed by atoms with Crippen molar-refractivity contribution in [2.45, 2.75) is 13.3 Å². The van der Waals surface area contributed by atoms with Gasteiger partial charge in [-0.15, -0.1) is 11.7 Å². The third-order valence-electron chi connectivity index (χ3n) is 2.73. The minimum atomic E-state index is -0.533. The largest absolute Gasteiger partial charge is 0.508 e. The van der Waals surface area contributed by atoms with Crippen molar-refractivity contribution >= 4 is 5.97 Å². The number of ether oxygens (including phenoxy) is 1. The molecule has 20 heavy (non-hydrogen) atoms. The van der Waals surface area contributed by atoms with Crippen molar-refractivity contribution < 1.29 is 14.6 Å². The number of hydrogen-bond donors (Lipinski definition) is 2. The molecular weight excluding hydrogens is 258 g/mol. The molecule has 2 N–H and O–H groups in total. The summed E-state index contributed by atoms with van der Waals surface area (Å²) in [6.45, 7) is 5.63. The normalized spacial score (nSPS) is 10.2. The van der Waals surface area contributed by atoms with Crippen LogP contribution in [0.1, 0.15) is 23.0 Å². The van der Waals surface area contributed by atoms with Crippen LogP contribution in [0.25, 0.3) is 11.3 Å². The van der Waals surface area contributed by atoms with Gasteiger partial charge in [-0.3, -0.25) is 0 Å². The lowest BCUT2D eigenvalue weighted by atomic mass is 10.0. The molecule has 2 rings (SSSR count). The van der Waals surface area contributed by atoms with E-state index in [0.717, 1.165) is 0 Å². The number of phenols is 1. The van der Waals surface area contributed by atoms with E-state index in [9.17, 15) is 9.90 Å². The highest BCUT2D eigenvalue weighted by Gasteiger charge is 2.19. The predicted octanol–water partition coefficient (Wildman–Crippen LogP) is 2.08. The Hall–Kier alpha value is -2.63. The lowest BCUT2D eigenvalue weighted by Gasteiger charge is -2.05. The van der Waals surface area contributed by atoms with E-state index >= 15 is 0 Å². The van der Waals surface area contributed by atoms with E-state index in [1.165, 1.54) is 0 Å². The number of H-pyrrole nitrogens is 1. The number of carbonyl (C=O) groups is 1. The van der Waals surface area contributed by atoms with Gasteiger partial charge in [-0.2, -0.15) is 10.3 Å². The number of aromatic hydroxyl groups is 1. The van der Waals surface area contributed by atoms with Gasteiger partial charge in [0, 0.05) is 5.56 Å². The third kappa shape index (κ3) is 2.69. The number of esters is 1. The summed E-state index contributed by atoms with van der Waals surface area (Å²) in [5.41, 5.74) is 1.91. The van der Waals surface area contributed by atoms with Crippen molar-refractivity contribution in [3.63, 3.8) is 0 Å². The van der Waals surface area contributed by atoms with Gasteiger partial charge in [0.25, 0.3) is 0 Å². The smallest absolute Gasteiger partial charge is 0.361 e. The van der Waals surface area contributed by atoms with Crippen LogP contribution in [0, 0.1) is 0 Å². The molecule has 6 heteroatoms. The van der Waals surface area contributed by atoms with Crippen molar-refractivity contribution in [3.05, 3.63) is 42.1 Å². The molecule has 0 spiro atoms. The Bertz CT molecular complexity index is 634. The van der Waals surface area contributed by atoms with Crippen LogP contribution < -0.4 is 0 Å². The molecule has 0 aliphatic carbocycles. The van der Waals surface area contributed by atoms with Crippen LogP contribution >= 0.6 is 0 Å². The second-order valence-electron chi connectivity index (χ2n) is 4.08. The number of hydrogen-bond acceptors (Lipinski definition) is 5. The zero-order valence-electron chi connectivity index (χ0n) is 11.1. The van der Waals surface area contributed by atoms with Gasteiger partial charge in [0.15, 0.2) is 5.69 Å². The molecule has 0 saturated carbocycles. The van der Waals surface area contributed by atoms with Gasteiger partial charge in [0.1, 0.15) is 11.4 Å². The average Bonchev–Trinajstić information content (AvgIpc) is 2.91. The van der Waals surface area contributed by atoms with Gasteiger partial charge in [-0.25, -0.2) is 4.79 Å². The van der Waals surface area contributed by atoms with Crippen LogP contribution in [-0.4, -0.2) is 33.1 Å². The molecule has 0 amide bonds. The summed E-state index contributed by atoms with van der Waals surface area (Å²) in [5.74, 6) is -0.357. The molecule has 0 unspecified atom stereocenters. The van der Waals surface area contributed by atoms with Crippen LogP contribution in [0.15, 0.2) is 30.9 Å². The average molecular weight is 273 g/mol. The van der Waals surface area contributed by atoms with E-state index in [1.54, 1.807) is 31.2 Å².